The third kappa shape index (κ3) is 3.92. The van der Waals surface area contributed by atoms with Gasteiger partial charge in [0, 0.05) is 6.42 Å². The summed E-state index contributed by atoms with van der Waals surface area (Å²) >= 11 is 0. The Balaban J connectivity index is 0.000000829. The zero-order valence-corrected chi connectivity index (χ0v) is 14.1. The van der Waals surface area contributed by atoms with Gasteiger partial charge in [0.25, 0.3) is 0 Å². The van der Waals surface area contributed by atoms with Gasteiger partial charge in [-0.3, -0.25) is 9.69 Å². The van der Waals surface area contributed by atoms with Crippen LogP contribution in [0.3, 0.4) is 0 Å². The second-order valence-corrected chi connectivity index (χ2v) is 4.75. The second kappa shape index (κ2) is 9.71. The first kappa shape index (κ1) is 18.9. The summed E-state index contributed by atoms with van der Waals surface area (Å²) in [5, 5.41) is 0. The Labute approximate surface area is 125 Å². The maximum atomic E-state index is 12.3. The Morgan fingerprint density at radius 2 is 1.50 bits per heavy atom. The fourth-order valence-corrected chi connectivity index (χ4v) is 2.76. The van der Waals surface area contributed by atoms with Gasteiger partial charge in [-0.1, -0.05) is 64.4 Å². The number of nitrogens with zero attached hydrogens (tertiary/aromatic N) is 1. The van der Waals surface area contributed by atoms with E-state index in [1.165, 1.54) is 0 Å². The van der Waals surface area contributed by atoms with Crippen molar-refractivity contribution in [2.45, 2.75) is 58.9 Å². The molecule has 1 aliphatic rings. The molecule has 0 aliphatic heterocycles. The fraction of sp³-hybridized carbons (Fsp3) is 0.611. The first-order valence-electron chi connectivity index (χ1n) is 7.94. The lowest BCUT2D eigenvalue weighted by Gasteiger charge is -2.41. The van der Waals surface area contributed by atoms with Crippen LogP contribution in [0.5, 0.6) is 0 Å². The molecule has 0 amide bonds. The molecule has 1 aliphatic carbocycles. The molecule has 0 saturated heterocycles. The molecular weight excluding hydrogens is 246 g/mol. The smallest absolute Gasteiger partial charge is 0.157 e. The number of benzene rings is 1. The average molecular weight is 277 g/mol. The van der Waals surface area contributed by atoms with E-state index in [1.54, 1.807) is 0 Å². The van der Waals surface area contributed by atoms with Crippen molar-refractivity contribution in [3.05, 3.63) is 35.9 Å². The van der Waals surface area contributed by atoms with Crippen LogP contribution in [0, 0.1) is 0 Å². The van der Waals surface area contributed by atoms with Gasteiger partial charge in [-0.15, -0.1) is 0 Å². The van der Waals surface area contributed by atoms with Crippen molar-refractivity contribution in [2.24, 2.45) is 0 Å². The van der Waals surface area contributed by atoms with Gasteiger partial charge in [0.2, 0.25) is 0 Å². The van der Waals surface area contributed by atoms with E-state index in [0.29, 0.717) is 12.2 Å². The van der Waals surface area contributed by atoms with Crippen LogP contribution in [0.4, 0.5) is 0 Å². The van der Waals surface area contributed by atoms with Crippen molar-refractivity contribution in [2.75, 3.05) is 14.1 Å². The van der Waals surface area contributed by atoms with Crippen LogP contribution in [0.25, 0.3) is 0 Å². The summed E-state index contributed by atoms with van der Waals surface area (Å²) in [6.45, 7) is 8.00. The minimum Gasteiger partial charge on any atom is -0.297 e. The molecule has 1 atom stereocenters. The summed E-state index contributed by atoms with van der Waals surface area (Å²) < 4.78 is 0. The highest BCUT2D eigenvalue weighted by Gasteiger charge is 2.42. The van der Waals surface area contributed by atoms with Crippen LogP contribution in [-0.4, -0.2) is 24.8 Å². The number of likely N-dealkylation sites (N-methyl/N-ethyl adjacent to an activating group) is 1. The van der Waals surface area contributed by atoms with E-state index in [9.17, 15) is 4.79 Å². The third-order valence-corrected chi connectivity index (χ3v) is 3.67. The van der Waals surface area contributed by atoms with Crippen LogP contribution < -0.4 is 0 Å². The third-order valence-electron chi connectivity index (χ3n) is 3.67. The summed E-state index contributed by atoms with van der Waals surface area (Å²) in [6, 6.07) is 10.2. The van der Waals surface area contributed by atoms with Crippen molar-refractivity contribution in [1.29, 1.82) is 0 Å². The highest BCUT2D eigenvalue weighted by Crippen LogP contribution is 2.38. The number of hydrogen-bond acceptors (Lipinski definition) is 2. The van der Waals surface area contributed by atoms with Crippen LogP contribution in [-0.2, 0) is 10.3 Å². The Bertz CT molecular complexity index is 372. The van der Waals surface area contributed by atoms with Gasteiger partial charge < -0.3 is 0 Å². The van der Waals surface area contributed by atoms with Crippen molar-refractivity contribution < 1.29 is 4.79 Å². The highest BCUT2D eigenvalue weighted by molar-refractivity contribution is 5.90. The lowest BCUT2D eigenvalue weighted by Crippen LogP contribution is -2.50. The van der Waals surface area contributed by atoms with Crippen molar-refractivity contribution in [3.63, 3.8) is 0 Å². The largest absolute Gasteiger partial charge is 0.297 e. The summed E-state index contributed by atoms with van der Waals surface area (Å²) in [5.74, 6) is 0.370. The number of carbonyl (C=O) groups excluding carboxylic acids is 1. The topological polar surface area (TPSA) is 20.3 Å². The average Bonchev–Trinajstić information content (AvgIpc) is 2.52. The molecule has 0 bridgehead atoms. The minimum atomic E-state index is -0.375. The molecule has 0 N–H and O–H groups in total. The Morgan fingerprint density at radius 3 is 1.95 bits per heavy atom. The SMILES string of the molecule is CC.CC.CN(C)C1(c2ccccc2)CCCCC1=O. The molecule has 1 aromatic rings. The summed E-state index contributed by atoms with van der Waals surface area (Å²) in [4.78, 5) is 14.4. The first-order chi connectivity index (χ1) is 9.68. The van der Waals surface area contributed by atoms with E-state index in [4.69, 9.17) is 0 Å². The zero-order valence-electron chi connectivity index (χ0n) is 14.1. The van der Waals surface area contributed by atoms with E-state index >= 15 is 0 Å². The van der Waals surface area contributed by atoms with E-state index < -0.39 is 0 Å². The molecule has 2 nitrogen and oxygen atoms in total. The minimum absolute atomic E-state index is 0.370. The molecule has 2 heteroatoms. The van der Waals surface area contributed by atoms with Crippen LogP contribution >= 0.6 is 0 Å². The predicted octanol–water partition coefficient (Wildman–Crippen LogP) is 4.64. The standard InChI is InChI=1S/C14H19NO.2C2H6/c1-15(2)14(11-7-6-10-13(14)16)12-8-4-3-5-9-12;2*1-2/h3-5,8-9H,6-7,10-11H2,1-2H3;2*1-2H3. The molecule has 1 saturated carbocycles. The van der Waals surface area contributed by atoms with Gasteiger partial charge in [-0.25, -0.2) is 0 Å². The Hall–Kier alpha value is -1.15. The molecule has 20 heavy (non-hydrogen) atoms. The van der Waals surface area contributed by atoms with Gasteiger partial charge in [0.1, 0.15) is 5.54 Å². The summed E-state index contributed by atoms with van der Waals surface area (Å²) in [5.41, 5.74) is 0.768. The summed E-state index contributed by atoms with van der Waals surface area (Å²) in [6.07, 6.45) is 3.84. The molecule has 1 fully saturated rings. The molecule has 1 unspecified atom stereocenters. The maximum Gasteiger partial charge on any atom is 0.157 e. The van der Waals surface area contributed by atoms with Crippen LogP contribution in [0.15, 0.2) is 30.3 Å². The van der Waals surface area contributed by atoms with Gasteiger partial charge in [0.05, 0.1) is 0 Å². The van der Waals surface area contributed by atoms with Gasteiger partial charge in [0.15, 0.2) is 5.78 Å². The van der Waals surface area contributed by atoms with Gasteiger partial charge >= 0.3 is 0 Å². The van der Waals surface area contributed by atoms with E-state index in [1.807, 2.05) is 60.0 Å². The molecule has 2 rings (SSSR count). The van der Waals surface area contributed by atoms with Crippen LogP contribution in [0.1, 0.15) is 58.9 Å². The highest BCUT2D eigenvalue weighted by atomic mass is 16.1. The number of Topliss-reactive ketones (excluding diaryl/α,β-unsaturated/α-hetero) is 1. The monoisotopic (exact) mass is 277 g/mol. The second-order valence-electron chi connectivity index (χ2n) is 4.75. The number of hydrogen-bond donors (Lipinski definition) is 0. The zero-order chi connectivity index (χ0) is 15.6. The molecule has 0 heterocycles. The first-order valence-corrected chi connectivity index (χ1v) is 7.94. The number of carbonyl (C=O) groups is 1. The number of rotatable bonds is 2. The predicted molar refractivity (Wildman–Crippen MR) is 88.0 cm³/mol. The molecule has 114 valence electrons. The van der Waals surface area contributed by atoms with Crippen molar-refractivity contribution in [3.8, 4) is 0 Å². The molecule has 0 aromatic heterocycles. The van der Waals surface area contributed by atoms with E-state index in [-0.39, 0.29) is 5.54 Å². The van der Waals surface area contributed by atoms with Crippen molar-refractivity contribution >= 4 is 5.78 Å². The maximum absolute atomic E-state index is 12.3. The van der Waals surface area contributed by atoms with Crippen LogP contribution in [0.2, 0.25) is 0 Å². The van der Waals surface area contributed by atoms with E-state index in [2.05, 4.69) is 17.0 Å². The normalized spacial score (nSPS) is 21.4. The molecule has 0 radical (unpaired) electrons. The Kier molecular flexibility index (Phi) is 9.15. The van der Waals surface area contributed by atoms with Gasteiger partial charge in [-0.05, 0) is 32.5 Å². The lowest BCUT2D eigenvalue weighted by molar-refractivity contribution is -0.133. The Morgan fingerprint density at radius 1 is 0.950 bits per heavy atom. The molecular formula is C18H31NO. The lowest BCUT2D eigenvalue weighted by atomic mass is 9.74. The molecule has 1 aromatic carbocycles. The van der Waals surface area contributed by atoms with Gasteiger partial charge in [-0.2, -0.15) is 0 Å². The quantitative estimate of drug-likeness (QED) is 0.785. The number of ketones is 1. The summed E-state index contributed by atoms with van der Waals surface area (Å²) in [7, 11) is 4.02. The fourth-order valence-electron chi connectivity index (χ4n) is 2.76. The van der Waals surface area contributed by atoms with Crippen molar-refractivity contribution in [1.82, 2.24) is 4.90 Å². The van der Waals surface area contributed by atoms with E-state index in [0.717, 1.165) is 24.8 Å². The molecule has 0 spiro atoms.